The van der Waals surface area contributed by atoms with Crippen LogP contribution in [0.5, 0.6) is 0 Å². The van der Waals surface area contributed by atoms with E-state index in [9.17, 15) is 9.59 Å². The zero-order chi connectivity index (χ0) is 14.7. The van der Waals surface area contributed by atoms with Crippen LogP contribution >= 0.6 is 0 Å². The molecule has 1 N–H and O–H groups in total. The number of carbonyl (C=O) groups excluding carboxylic acids is 2. The zero-order valence-electron chi connectivity index (χ0n) is 12.1. The molecule has 0 aliphatic carbocycles. The number of aryl methyl sites for hydroxylation is 1. The van der Waals surface area contributed by atoms with Gasteiger partial charge >= 0.3 is 0 Å². The standard InChI is InChI=1S/C12H20N6O2/c1-9-13-11(15-14-9)12(20)18-6-4-17(5-7-18)10(19)8-16(2)3/h4-8H2,1-3H3,(H,13,14,15). The first-order chi connectivity index (χ1) is 9.47. The number of carbonyl (C=O) groups is 2. The fourth-order valence-corrected chi connectivity index (χ4v) is 2.11. The number of nitrogens with zero attached hydrogens (tertiary/aromatic N) is 5. The largest absolute Gasteiger partial charge is 0.338 e. The van der Waals surface area contributed by atoms with Crippen LogP contribution in [0.25, 0.3) is 0 Å². The molecule has 2 amide bonds. The Balaban J connectivity index is 1.88. The van der Waals surface area contributed by atoms with Crippen LogP contribution in [0.3, 0.4) is 0 Å². The van der Waals surface area contributed by atoms with Gasteiger partial charge in [0.25, 0.3) is 5.91 Å². The SMILES string of the molecule is Cc1nc(C(=O)N2CCN(C(=O)CN(C)C)CC2)n[nH]1. The molecule has 110 valence electrons. The van der Waals surface area contributed by atoms with Gasteiger partial charge in [-0.15, -0.1) is 5.10 Å². The molecule has 0 unspecified atom stereocenters. The van der Waals surface area contributed by atoms with Crippen molar-refractivity contribution in [2.45, 2.75) is 6.92 Å². The first kappa shape index (κ1) is 14.4. The molecular formula is C12H20N6O2. The van der Waals surface area contributed by atoms with Gasteiger partial charge < -0.3 is 14.7 Å². The molecule has 0 aromatic carbocycles. The second-order valence-electron chi connectivity index (χ2n) is 5.16. The molecule has 8 heteroatoms. The average Bonchev–Trinajstić information content (AvgIpc) is 2.84. The van der Waals surface area contributed by atoms with Gasteiger partial charge in [0.2, 0.25) is 11.7 Å². The summed E-state index contributed by atoms with van der Waals surface area (Å²) >= 11 is 0. The van der Waals surface area contributed by atoms with Crippen molar-refractivity contribution in [2.75, 3.05) is 46.8 Å². The van der Waals surface area contributed by atoms with E-state index in [0.717, 1.165) is 0 Å². The highest BCUT2D eigenvalue weighted by Gasteiger charge is 2.26. The number of nitrogens with one attached hydrogen (secondary N) is 1. The van der Waals surface area contributed by atoms with Crippen LogP contribution in [-0.2, 0) is 4.79 Å². The van der Waals surface area contributed by atoms with E-state index in [1.165, 1.54) is 0 Å². The van der Waals surface area contributed by atoms with Crippen molar-refractivity contribution < 1.29 is 9.59 Å². The number of rotatable bonds is 3. The maximum Gasteiger partial charge on any atom is 0.293 e. The van der Waals surface area contributed by atoms with Crippen LogP contribution in [-0.4, -0.2) is 88.5 Å². The van der Waals surface area contributed by atoms with Crippen LogP contribution < -0.4 is 0 Å². The van der Waals surface area contributed by atoms with Crippen LogP contribution in [0.15, 0.2) is 0 Å². The quantitative estimate of drug-likeness (QED) is 0.764. The molecule has 0 saturated carbocycles. The second-order valence-corrected chi connectivity index (χ2v) is 5.16. The summed E-state index contributed by atoms with van der Waals surface area (Å²) in [7, 11) is 3.73. The topological polar surface area (TPSA) is 85.4 Å². The van der Waals surface area contributed by atoms with Gasteiger partial charge in [-0.1, -0.05) is 0 Å². The van der Waals surface area contributed by atoms with Gasteiger partial charge in [-0.3, -0.25) is 14.7 Å². The number of aromatic amines is 1. The highest BCUT2D eigenvalue weighted by molar-refractivity contribution is 5.90. The Hall–Kier alpha value is -1.96. The van der Waals surface area contributed by atoms with Gasteiger partial charge in [0.05, 0.1) is 6.54 Å². The van der Waals surface area contributed by atoms with Crippen molar-refractivity contribution in [3.05, 3.63) is 11.6 Å². The van der Waals surface area contributed by atoms with E-state index in [0.29, 0.717) is 38.5 Å². The third-order valence-corrected chi connectivity index (χ3v) is 3.16. The predicted octanol–water partition coefficient (Wildman–Crippen LogP) is -1.04. The molecule has 1 fully saturated rings. The molecule has 1 aromatic rings. The van der Waals surface area contributed by atoms with Crippen molar-refractivity contribution in [1.82, 2.24) is 29.9 Å². The first-order valence-electron chi connectivity index (χ1n) is 6.58. The summed E-state index contributed by atoms with van der Waals surface area (Å²) in [6.45, 7) is 4.30. The molecule has 2 heterocycles. The predicted molar refractivity (Wildman–Crippen MR) is 72.2 cm³/mol. The highest BCUT2D eigenvalue weighted by Crippen LogP contribution is 2.06. The minimum Gasteiger partial charge on any atom is -0.338 e. The summed E-state index contributed by atoms with van der Waals surface area (Å²) in [5, 5.41) is 6.53. The van der Waals surface area contributed by atoms with E-state index >= 15 is 0 Å². The molecule has 0 spiro atoms. The summed E-state index contributed by atoms with van der Waals surface area (Å²) in [5.74, 6) is 0.716. The number of piperazine rings is 1. The Labute approximate surface area is 117 Å². The lowest BCUT2D eigenvalue weighted by atomic mass is 10.3. The molecule has 0 atom stereocenters. The normalized spacial score (nSPS) is 15.8. The fraction of sp³-hybridized carbons (Fsp3) is 0.667. The van der Waals surface area contributed by atoms with E-state index < -0.39 is 0 Å². The summed E-state index contributed by atoms with van der Waals surface area (Å²) in [4.78, 5) is 33.4. The molecule has 0 bridgehead atoms. The molecule has 1 aromatic heterocycles. The summed E-state index contributed by atoms with van der Waals surface area (Å²) in [6, 6.07) is 0. The Morgan fingerprint density at radius 1 is 1.20 bits per heavy atom. The fourth-order valence-electron chi connectivity index (χ4n) is 2.11. The lowest BCUT2D eigenvalue weighted by Gasteiger charge is -2.34. The van der Waals surface area contributed by atoms with Gasteiger partial charge in [-0.25, -0.2) is 4.98 Å². The van der Waals surface area contributed by atoms with Gasteiger partial charge in [0, 0.05) is 26.2 Å². The summed E-state index contributed by atoms with van der Waals surface area (Å²) in [5.41, 5.74) is 0. The third-order valence-electron chi connectivity index (χ3n) is 3.16. The molecule has 8 nitrogen and oxygen atoms in total. The molecular weight excluding hydrogens is 260 g/mol. The number of H-pyrrole nitrogens is 1. The summed E-state index contributed by atoms with van der Waals surface area (Å²) in [6.07, 6.45) is 0. The monoisotopic (exact) mass is 280 g/mol. The van der Waals surface area contributed by atoms with E-state index in [4.69, 9.17) is 0 Å². The molecule has 1 aliphatic heterocycles. The van der Waals surface area contributed by atoms with Crippen molar-refractivity contribution >= 4 is 11.8 Å². The minimum atomic E-state index is -0.186. The lowest BCUT2D eigenvalue weighted by Crippen LogP contribution is -2.52. The van der Waals surface area contributed by atoms with Crippen molar-refractivity contribution in [3.63, 3.8) is 0 Å². The number of amides is 2. The highest BCUT2D eigenvalue weighted by atomic mass is 16.2. The van der Waals surface area contributed by atoms with Crippen molar-refractivity contribution in [3.8, 4) is 0 Å². The van der Waals surface area contributed by atoms with Gasteiger partial charge in [0.1, 0.15) is 5.82 Å². The maximum atomic E-state index is 12.1. The Kier molecular flexibility index (Phi) is 4.33. The average molecular weight is 280 g/mol. The van der Waals surface area contributed by atoms with Crippen LogP contribution in [0.4, 0.5) is 0 Å². The van der Waals surface area contributed by atoms with Gasteiger partial charge in [0.15, 0.2) is 0 Å². The molecule has 0 radical (unpaired) electrons. The van der Waals surface area contributed by atoms with Gasteiger partial charge in [-0.05, 0) is 21.0 Å². The van der Waals surface area contributed by atoms with Crippen molar-refractivity contribution in [1.29, 1.82) is 0 Å². The van der Waals surface area contributed by atoms with E-state index in [2.05, 4.69) is 15.2 Å². The van der Waals surface area contributed by atoms with E-state index in [-0.39, 0.29) is 17.6 Å². The van der Waals surface area contributed by atoms with Crippen molar-refractivity contribution in [2.24, 2.45) is 0 Å². The smallest absolute Gasteiger partial charge is 0.293 e. The van der Waals surface area contributed by atoms with E-state index in [1.807, 2.05) is 19.0 Å². The lowest BCUT2D eigenvalue weighted by molar-refractivity contribution is -0.133. The Morgan fingerprint density at radius 2 is 1.80 bits per heavy atom. The molecule has 20 heavy (non-hydrogen) atoms. The van der Waals surface area contributed by atoms with Gasteiger partial charge in [-0.2, -0.15) is 0 Å². The third kappa shape index (κ3) is 3.32. The molecule has 2 rings (SSSR count). The molecule has 1 aliphatic rings. The zero-order valence-corrected chi connectivity index (χ0v) is 12.1. The number of hydrogen-bond donors (Lipinski definition) is 1. The van der Waals surface area contributed by atoms with Crippen LogP contribution in [0.2, 0.25) is 0 Å². The number of hydrogen-bond acceptors (Lipinski definition) is 5. The Morgan fingerprint density at radius 3 is 2.30 bits per heavy atom. The first-order valence-corrected chi connectivity index (χ1v) is 6.58. The van der Waals surface area contributed by atoms with E-state index in [1.54, 1.807) is 16.7 Å². The van der Waals surface area contributed by atoms with Crippen LogP contribution in [0, 0.1) is 6.92 Å². The summed E-state index contributed by atoms with van der Waals surface area (Å²) < 4.78 is 0. The minimum absolute atomic E-state index is 0.0934. The Bertz CT molecular complexity index is 490. The number of aromatic nitrogens is 3. The second kappa shape index (κ2) is 6.00. The maximum absolute atomic E-state index is 12.1. The van der Waals surface area contributed by atoms with Crippen LogP contribution in [0.1, 0.15) is 16.4 Å². The number of likely N-dealkylation sites (N-methyl/N-ethyl adjacent to an activating group) is 1. The molecule has 1 saturated heterocycles.